The molecule has 0 aromatic heterocycles. The van der Waals surface area contributed by atoms with Crippen molar-refractivity contribution in [2.75, 3.05) is 0 Å². The van der Waals surface area contributed by atoms with Gasteiger partial charge in [0.25, 0.3) is 0 Å². The number of hydrogen-bond acceptors (Lipinski definition) is 3. The van der Waals surface area contributed by atoms with Crippen molar-refractivity contribution in [2.24, 2.45) is 5.92 Å². The Bertz CT molecular complexity index is 588. The third-order valence-corrected chi connectivity index (χ3v) is 5.22. The minimum Gasteiger partial charge on any atom is -0.481 e. The zero-order valence-electron chi connectivity index (χ0n) is 10.2. The van der Waals surface area contributed by atoms with Gasteiger partial charge in [0, 0.05) is 6.04 Å². The molecule has 19 heavy (non-hydrogen) atoms. The van der Waals surface area contributed by atoms with E-state index in [1.165, 1.54) is 32.0 Å². The predicted octanol–water partition coefficient (Wildman–Crippen LogP) is 2.38. The number of hydrogen-bond donors (Lipinski definition) is 2. The molecule has 0 fully saturated rings. The fourth-order valence-corrected chi connectivity index (χ4v) is 3.40. The molecular weight excluding hydrogens is 313 g/mol. The number of carboxylic acids is 1. The second-order valence-corrected chi connectivity index (χ2v) is 6.56. The van der Waals surface area contributed by atoms with Crippen LogP contribution in [0.5, 0.6) is 0 Å². The summed E-state index contributed by atoms with van der Waals surface area (Å²) in [6, 6.07) is 3.44. The van der Waals surface area contributed by atoms with Gasteiger partial charge in [0.05, 0.1) is 16.0 Å². The summed E-state index contributed by atoms with van der Waals surface area (Å²) in [6.07, 6.45) is 0. The average molecular weight is 326 g/mol. The number of rotatable bonds is 5. The summed E-state index contributed by atoms with van der Waals surface area (Å²) in [5, 5.41) is 8.86. The highest BCUT2D eigenvalue weighted by Crippen LogP contribution is 2.29. The van der Waals surface area contributed by atoms with Crippen LogP contribution in [0, 0.1) is 5.92 Å². The van der Waals surface area contributed by atoms with Gasteiger partial charge in [-0.25, -0.2) is 13.1 Å². The third-order valence-electron chi connectivity index (χ3n) is 2.69. The van der Waals surface area contributed by atoms with Crippen molar-refractivity contribution in [3.05, 3.63) is 28.2 Å². The Morgan fingerprint density at radius 2 is 1.89 bits per heavy atom. The zero-order valence-corrected chi connectivity index (χ0v) is 12.6. The lowest BCUT2D eigenvalue weighted by Gasteiger charge is -2.18. The standard InChI is InChI=1S/C11H13Cl2NO4S/c1-6(11(15)16)7(2)14-19(17,18)9-5-3-4-8(12)10(9)13/h3-7,14H,1-2H3,(H,15,16). The van der Waals surface area contributed by atoms with E-state index in [0.717, 1.165) is 0 Å². The second kappa shape index (κ2) is 6.09. The van der Waals surface area contributed by atoms with Crippen LogP contribution in [0.1, 0.15) is 13.8 Å². The molecule has 106 valence electrons. The fourth-order valence-electron chi connectivity index (χ4n) is 1.32. The minimum atomic E-state index is -3.92. The van der Waals surface area contributed by atoms with Crippen molar-refractivity contribution in [1.82, 2.24) is 4.72 Å². The molecule has 5 nitrogen and oxygen atoms in total. The van der Waals surface area contributed by atoms with Crippen molar-refractivity contribution in [1.29, 1.82) is 0 Å². The van der Waals surface area contributed by atoms with Crippen LogP contribution in [0.15, 0.2) is 23.1 Å². The smallest absolute Gasteiger partial charge is 0.307 e. The number of halogens is 2. The Hall–Kier alpha value is -0.820. The molecule has 0 aliphatic rings. The van der Waals surface area contributed by atoms with Crippen LogP contribution in [-0.4, -0.2) is 25.5 Å². The Labute approximate surface area is 121 Å². The van der Waals surface area contributed by atoms with E-state index in [4.69, 9.17) is 28.3 Å². The highest BCUT2D eigenvalue weighted by Gasteiger charge is 2.27. The lowest BCUT2D eigenvalue weighted by molar-refractivity contribution is -0.141. The van der Waals surface area contributed by atoms with E-state index in [2.05, 4.69) is 4.72 Å². The molecule has 8 heteroatoms. The highest BCUT2D eigenvalue weighted by atomic mass is 35.5. The molecule has 0 spiro atoms. The van der Waals surface area contributed by atoms with Gasteiger partial charge < -0.3 is 5.11 Å². The fraction of sp³-hybridized carbons (Fsp3) is 0.364. The summed E-state index contributed by atoms with van der Waals surface area (Å²) in [5.74, 6) is -1.96. The Morgan fingerprint density at radius 3 is 2.42 bits per heavy atom. The molecule has 0 aliphatic carbocycles. The maximum absolute atomic E-state index is 12.1. The van der Waals surface area contributed by atoms with Crippen molar-refractivity contribution >= 4 is 39.2 Å². The predicted molar refractivity (Wildman–Crippen MR) is 73.0 cm³/mol. The molecule has 0 saturated heterocycles. The van der Waals surface area contributed by atoms with Crippen molar-refractivity contribution in [3.63, 3.8) is 0 Å². The van der Waals surface area contributed by atoms with E-state index < -0.39 is 28.0 Å². The first-order valence-electron chi connectivity index (χ1n) is 5.36. The van der Waals surface area contributed by atoms with E-state index >= 15 is 0 Å². The van der Waals surface area contributed by atoms with Gasteiger partial charge in [-0.1, -0.05) is 36.2 Å². The number of aliphatic carboxylic acids is 1. The van der Waals surface area contributed by atoms with Crippen molar-refractivity contribution < 1.29 is 18.3 Å². The summed E-state index contributed by atoms with van der Waals surface area (Å²) in [5.41, 5.74) is 0. The molecule has 1 aromatic carbocycles. The summed E-state index contributed by atoms with van der Waals surface area (Å²) in [4.78, 5) is 10.6. The van der Waals surface area contributed by atoms with Crippen LogP contribution in [0.4, 0.5) is 0 Å². The van der Waals surface area contributed by atoms with Crippen LogP contribution >= 0.6 is 23.2 Å². The van der Waals surface area contributed by atoms with Crippen molar-refractivity contribution in [3.8, 4) is 0 Å². The van der Waals surface area contributed by atoms with Gasteiger partial charge >= 0.3 is 5.97 Å². The first-order chi connectivity index (χ1) is 8.66. The number of carbonyl (C=O) groups is 1. The molecule has 2 atom stereocenters. The molecule has 2 unspecified atom stereocenters. The summed E-state index contributed by atoms with van der Waals surface area (Å²) < 4.78 is 26.5. The zero-order chi connectivity index (χ0) is 14.8. The van der Waals surface area contributed by atoms with E-state index in [0.29, 0.717) is 0 Å². The molecule has 0 bridgehead atoms. The lowest BCUT2D eigenvalue weighted by atomic mass is 10.1. The quantitative estimate of drug-likeness (QED) is 0.870. The average Bonchev–Trinajstić information content (AvgIpc) is 2.30. The Morgan fingerprint density at radius 1 is 1.32 bits per heavy atom. The molecule has 0 aliphatic heterocycles. The topological polar surface area (TPSA) is 83.5 Å². The van der Waals surface area contributed by atoms with Gasteiger partial charge in [0.15, 0.2) is 0 Å². The summed E-state index contributed by atoms with van der Waals surface area (Å²) >= 11 is 11.6. The number of carboxylic acid groups (broad SMARTS) is 1. The number of sulfonamides is 1. The van der Waals surface area contributed by atoms with Crippen LogP contribution in [-0.2, 0) is 14.8 Å². The van der Waals surface area contributed by atoms with Gasteiger partial charge in [-0.15, -0.1) is 0 Å². The van der Waals surface area contributed by atoms with Crippen LogP contribution in [0.3, 0.4) is 0 Å². The monoisotopic (exact) mass is 325 g/mol. The van der Waals surface area contributed by atoms with Crippen molar-refractivity contribution in [2.45, 2.75) is 24.8 Å². The van der Waals surface area contributed by atoms with Crippen LogP contribution in [0.25, 0.3) is 0 Å². The molecule has 1 rings (SSSR count). The van der Waals surface area contributed by atoms with E-state index in [-0.39, 0.29) is 14.9 Å². The van der Waals surface area contributed by atoms with Gasteiger partial charge in [-0.05, 0) is 19.1 Å². The maximum atomic E-state index is 12.1. The molecule has 1 aromatic rings. The maximum Gasteiger partial charge on any atom is 0.307 e. The largest absolute Gasteiger partial charge is 0.481 e. The third kappa shape index (κ3) is 3.82. The molecular formula is C11H13Cl2NO4S. The lowest BCUT2D eigenvalue weighted by Crippen LogP contribution is -2.40. The summed E-state index contributed by atoms with van der Waals surface area (Å²) in [6.45, 7) is 2.88. The van der Waals surface area contributed by atoms with E-state index in [1.807, 2.05) is 0 Å². The molecule has 0 radical (unpaired) electrons. The van der Waals surface area contributed by atoms with Gasteiger partial charge in [0.2, 0.25) is 10.0 Å². The highest BCUT2D eigenvalue weighted by molar-refractivity contribution is 7.89. The molecule has 0 saturated carbocycles. The molecule has 2 N–H and O–H groups in total. The number of benzene rings is 1. The SMILES string of the molecule is CC(NS(=O)(=O)c1cccc(Cl)c1Cl)C(C)C(=O)O. The second-order valence-electron chi connectivity index (χ2n) is 4.09. The normalized spacial score (nSPS) is 14.9. The van der Waals surface area contributed by atoms with E-state index in [1.54, 1.807) is 0 Å². The first-order valence-corrected chi connectivity index (χ1v) is 7.60. The number of nitrogens with one attached hydrogen (secondary N) is 1. The van der Waals surface area contributed by atoms with Gasteiger partial charge in [0.1, 0.15) is 4.90 Å². The Balaban J connectivity index is 3.06. The van der Waals surface area contributed by atoms with Crippen LogP contribution in [0.2, 0.25) is 10.0 Å². The molecule has 0 heterocycles. The molecule has 0 amide bonds. The van der Waals surface area contributed by atoms with Crippen LogP contribution < -0.4 is 4.72 Å². The van der Waals surface area contributed by atoms with E-state index in [9.17, 15) is 13.2 Å². The minimum absolute atomic E-state index is 0.0909. The summed E-state index contributed by atoms with van der Waals surface area (Å²) in [7, 11) is -3.92. The first kappa shape index (κ1) is 16.2. The van der Waals surface area contributed by atoms with Gasteiger partial charge in [-0.2, -0.15) is 0 Å². The van der Waals surface area contributed by atoms with Gasteiger partial charge in [-0.3, -0.25) is 4.79 Å². The Kier molecular flexibility index (Phi) is 5.20.